The van der Waals surface area contributed by atoms with Gasteiger partial charge in [-0.1, -0.05) is 92.1 Å². The van der Waals surface area contributed by atoms with Crippen LogP contribution in [-0.4, -0.2) is 62.7 Å². The van der Waals surface area contributed by atoms with E-state index >= 15 is 0 Å². The molecular formula is C34H78O4Si5. The fraction of sp³-hybridized carbons (Fsp3) is 0.941. The van der Waals surface area contributed by atoms with E-state index < -0.39 is 41.3 Å². The molecule has 0 fully saturated rings. The van der Waals surface area contributed by atoms with Crippen LogP contribution in [0.25, 0.3) is 0 Å². The average Bonchev–Trinajstić information content (AvgIpc) is 2.91. The van der Waals surface area contributed by atoms with Crippen molar-refractivity contribution in [3.63, 3.8) is 0 Å². The standard InChI is InChI=1S/C34H78O4Si5/c1-20-27-29-39(11,12)32(8,9)36-41(15,16)33(10,23-4)37-43(19,26-7)31(22-3)35-42(17,18)34(24-5,25-6)38-40(13,14)30-28-21-2/h26,31H,7,20-25,27-30H2,1-6,8-19H3/t31?,33-,43?/m1/s1. The third-order valence-corrected chi connectivity index (χ3v) is 31.1. The average molecular weight is 691 g/mol. The normalized spacial score (nSPS) is 17.8. The summed E-state index contributed by atoms with van der Waals surface area (Å²) in [4.78, 5) is 0. The van der Waals surface area contributed by atoms with Crippen LogP contribution in [-0.2, 0) is 17.7 Å². The molecule has 4 nitrogen and oxygen atoms in total. The summed E-state index contributed by atoms with van der Waals surface area (Å²) in [6, 6.07) is 2.50. The molecule has 0 aliphatic carbocycles. The molecule has 43 heavy (non-hydrogen) atoms. The van der Waals surface area contributed by atoms with Crippen LogP contribution in [0, 0.1) is 0 Å². The van der Waals surface area contributed by atoms with Gasteiger partial charge in [-0.15, -0.1) is 6.58 Å². The minimum atomic E-state index is -2.56. The van der Waals surface area contributed by atoms with Gasteiger partial charge in [-0.05, 0) is 98.3 Å². The van der Waals surface area contributed by atoms with Crippen LogP contribution >= 0.6 is 0 Å². The third-order valence-electron chi connectivity index (χ3n) is 11.4. The Morgan fingerprint density at radius 3 is 1.53 bits per heavy atom. The van der Waals surface area contributed by atoms with Gasteiger partial charge < -0.3 is 17.7 Å². The van der Waals surface area contributed by atoms with E-state index in [-0.39, 0.29) is 21.4 Å². The molecule has 0 aliphatic rings. The Hall–Kier alpha value is 0.664. The highest BCUT2D eigenvalue weighted by Gasteiger charge is 2.57. The second kappa shape index (κ2) is 16.7. The molecular weight excluding hydrogens is 613 g/mol. The van der Waals surface area contributed by atoms with Crippen molar-refractivity contribution in [3.05, 3.63) is 12.3 Å². The summed E-state index contributed by atoms with van der Waals surface area (Å²) < 4.78 is 29.6. The van der Waals surface area contributed by atoms with Crippen LogP contribution in [0.2, 0.25) is 71.0 Å². The molecule has 0 aromatic heterocycles. The predicted octanol–water partition coefficient (Wildman–Crippen LogP) is 11.7. The van der Waals surface area contributed by atoms with Crippen molar-refractivity contribution < 1.29 is 17.7 Å². The largest absolute Gasteiger partial charge is 0.412 e. The molecule has 0 aliphatic heterocycles. The highest BCUT2D eigenvalue weighted by Crippen LogP contribution is 2.42. The summed E-state index contributed by atoms with van der Waals surface area (Å²) >= 11 is 0. The van der Waals surface area contributed by atoms with E-state index in [1.807, 2.05) is 0 Å². The monoisotopic (exact) mass is 690 g/mol. The van der Waals surface area contributed by atoms with Crippen molar-refractivity contribution in [2.45, 2.75) is 206 Å². The van der Waals surface area contributed by atoms with Gasteiger partial charge in [-0.2, -0.15) is 0 Å². The Morgan fingerprint density at radius 2 is 1.14 bits per heavy atom. The zero-order valence-corrected chi connectivity index (χ0v) is 37.6. The van der Waals surface area contributed by atoms with Crippen LogP contribution in [0.1, 0.15) is 114 Å². The smallest absolute Gasteiger partial charge is 0.240 e. The van der Waals surface area contributed by atoms with E-state index in [1.165, 1.54) is 37.8 Å². The first-order chi connectivity index (χ1) is 19.4. The first kappa shape index (κ1) is 43.7. The zero-order chi connectivity index (χ0) is 34.2. The summed E-state index contributed by atoms with van der Waals surface area (Å²) in [6.45, 7) is 46.9. The molecule has 9 heteroatoms. The van der Waals surface area contributed by atoms with Crippen molar-refractivity contribution in [2.75, 3.05) is 0 Å². The molecule has 0 bridgehead atoms. The molecule has 0 radical (unpaired) electrons. The summed E-state index contributed by atoms with van der Waals surface area (Å²) in [6.07, 6.45) is 8.79. The number of hydrogen-bond donors (Lipinski definition) is 0. The van der Waals surface area contributed by atoms with E-state index in [0.717, 1.165) is 25.7 Å². The number of hydrogen-bond acceptors (Lipinski definition) is 4. The molecule has 258 valence electrons. The molecule has 3 atom stereocenters. The molecule has 2 unspecified atom stereocenters. The van der Waals surface area contributed by atoms with Crippen LogP contribution in [0.5, 0.6) is 0 Å². The minimum Gasteiger partial charge on any atom is -0.412 e. The maximum atomic E-state index is 7.50. The molecule has 0 saturated heterocycles. The maximum absolute atomic E-state index is 7.50. The molecule has 0 spiro atoms. The summed E-state index contributed by atoms with van der Waals surface area (Å²) in [5, 5.41) is -0.674. The summed E-state index contributed by atoms with van der Waals surface area (Å²) in [5.74, 6) is 0. The Labute approximate surface area is 276 Å². The highest BCUT2D eigenvalue weighted by molar-refractivity contribution is 6.84. The summed E-state index contributed by atoms with van der Waals surface area (Å²) in [7, 11) is -10.7. The van der Waals surface area contributed by atoms with Gasteiger partial charge in [0.1, 0.15) is 0 Å². The Morgan fingerprint density at radius 1 is 0.651 bits per heavy atom. The lowest BCUT2D eigenvalue weighted by molar-refractivity contribution is 0.0619. The van der Waals surface area contributed by atoms with Gasteiger partial charge in [0.05, 0.1) is 24.2 Å². The fourth-order valence-electron chi connectivity index (χ4n) is 6.77. The molecule has 0 aromatic rings. The first-order valence-electron chi connectivity index (χ1n) is 17.8. The van der Waals surface area contributed by atoms with Gasteiger partial charge in [0.2, 0.25) is 25.0 Å². The van der Waals surface area contributed by atoms with Crippen molar-refractivity contribution in [1.29, 1.82) is 0 Å². The first-order valence-corrected chi connectivity index (χ1v) is 32.5. The van der Waals surface area contributed by atoms with E-state index in [2.05, 4.69) is 134 Å². The van der Waals surface area contributed by atoms with Gasteiger partial charge in [0.25, 0.3) is 0 Å². The SMILES string of the molecule is C=C[Si](C)(O[C@@](C)(CC)[Si](C)(C)OC(C)(C)[Si](C)(C)CCCC)C(CC)O[Si](C)(C)C(CC)(CC)O[Si](C)(C)CCCC. The van der Waals surface area contributed by atoms with E-state index in [1.54, 1.807) is 0 Å². The molecule has 0 N–H and O–H groups in total. The van der Waals surface area contributed by atoms with Crippen molar-refractivity contribution >= 4 is 41.3 Å². The lowest BCUT2D eigenvalue weighted by Crippen LogP contribution is -2.69. The van der Waals surface area contributed by atoms with Crippen LogP contribution in [0.15, 0.2) is 12.3 Å². The molecule has 0 rings (SSSR count). The zero-order valence-electron chi connectivity index (χ0n) is 32.6. The van der Waals surface area contributed by atoms with Gasteiger partial charge in [-0.25, -0.2) is 0 Å². The van der Waals surface area contributed by atoms with Crippen molar-refractivity contribution in [2.24, 2.45) is 0 Å². The fourth-order valence-corrected chi connectivity index (χ4v) is 25.9. The van der Waals surface area contributed by atoms with Crippen LogP contribution in [0.4, 0.5) is 0 Å². The second-order valence-electron chi connectivity index (χ2n) is 16.4. The van der Waals surface area contributed by atoms with Gasteiger partial charge in [0, 0.05) is 5.22 Å². The quantitative estimate of drug-likeness (QED) is 0.100. The Bertz CT molecular complexity index is 841. The third kappa shape index (κ3) is 10.8. The number of unbranched alkanes of at least 4 members (excludes halogenated alkanes) is 2. The van der Waals surface area contributed by atoms with E-state index in [4.69, 9.17) is 17.7 Å². The van der Waals surface area contributed by atoms with Gasteiger partial charge in [-0.3, -0.25) is 0 Å². The second-order valence-corrected chi connectivity index (χ2v) is 38.1. The lowest BCUT2D eigenvalue weighted by Gasteiger charge is -2.54. The maximum Gasteiger partial charge on any atom is 0.240 e. The predicted molar refractivity (Wildman–Crippen MR) is 206 cm³/mol. The van der Waals surface area contributed by atoms with E-state index in [0.29, 0.717) is 0 Å². The molecule has 0 saturated carbocycles. The molecule has 0 heterocycles. The van der Waals surface area contributed by atoms with E-state index in [9.17, 15) is 0 Å². The van der Waals surface area contributed by atoms with Gasteiger partial charge in [0.15, 0.2) is 8.32 Å². The Kier molecular flexibility index (Phi) is 16.9. The topological polar surface area (TPSA) is 36.9 Å². The number of rotatable bonds is 23. The lowest BCUT2D eigenvalue weighted by atomic mass is 10.2. The van der Waals surface area contributed by atoms with Crippen LogP contribution < -0.4 is 0 Å². The minimum absolute atomic E-state index is 0.0206. The summed E-state index contributed by atoms with van der Waals surface area (Å²) in [5.41, 5.74) is 2.17. The van der Waals surface area contributed by atoms with Crippen LogP contribution in [0.3, 0.4) is 0 Å². The molecule has 0 amide bonds. The molecule has 0 aromatic carbocycles. The highest BCUT2D eigenvalue weighted by atomic mass is 28.4. The van der Waals surface area contributed by atoms with Gasteiger partial charge >= 0.3 is 0 Å². The van der Waals surface area contributed by atoms with Crippen molar-refractivity contribution in [1.82, 2.24) is 0 Å². The Balaban J connectivity index is 6.47. The van der Waals surface area contributed by atoms with Crippen molar-refractivity contribution in [3.8, 4) is 0 Å².